The van der Waals surface area contributed by atoms with E-state index in [1.165, 1.54) is 0 Å². The molecule has 2 rings (SSSR count). The van der Waals surface area contributed by atoms with Crippen molar-refractivity contribution in [3.63, 3.8) is 0 Å². The molecular formula is C12H24ClN3O. The second kappa shape index (κ2) is 6.03. The van der Waals surface area contributed by atoms with E-state index in [1.807, 2.05) is 4.90 Å². The number of carbonyl (C=O) groups is 1. The molecule has 100 valence electrons. The molecule has 2 saturated heterocycles. The van der Waals surface area contributed by atoms with Crippen LogP contribution in [0.25, 0.3) is 0 Å². The molecule has 1 N–H and O–H groups in total. The van der Waals surface area contributed by atoms with Crippen molar-refractivity contribution in [1.29, 1.82) is 0 Å². The van der Waals surface area contributed by atoms with Crippen LogP contribution >= 0.6 is 12.4 Å². The van der Waals surface area contributed by atoms with Crippen molar-refractivity contribution in [2.45, 2.75) is 19.8 Å². The maximum atomic E-state index is 12.4. The molecule has 0 aliphatic carbocycles. The molecule has 2 heterocycles. The summed E-state index contributed by atoms with van der Waals surface area (Å²) in [7, 11) is 2.12. The van der Waals surface area contributed by atoms with E-state index in [1.54, 1.807) is 0 Å². The van der Waals surface area contributed by atoms with Gasteiger partial charge in [-0.3, -0.25) is 4.79 Å². The highest BCUT2D eigenvalue weighted by Crippen LogP contribution is 2.28. The molecule has 1 amide bonds. The lowest BCUT2D eigenvalue weighted by atomic mass is 9.81. The highest BCUT2D eigenvalue weighted by Gasteiger charge is 2.38. The normalized spacial score (nSPS) is 30.8. The lowest BCUT2D eigenvalue weighted by molar-refractivity contribution is -0.143. The van der Waals surface area contributed by atoms with Crippen LogP contribution in [-0.2, 0) is 4.79 Å². The summed E-state index contributed by atoms with van der Waals surface area (Å²) in [6, 6.07) is 0. The van der Waals surface area contributed by atoms with Crippen molar-refractivity contribution in [1.82, 2.24) is 15.1 Å². The minimum atomic E-state index is -0.159. The molecule has 0 aromatic carbocycles. The number of likely N-dealkylation sites (N-methyl/N-ethyl adjacent to an activating group) is 1. The molecule has 0 aromatic rings. The van der Waals surface area contributed by atoms with Crippen molar-refractivity contribution in [2.24, 2.45) is 5.41 Å². The Kier molecular flexibility index (Phi) is 5.22. The first-order valence-electron chi connectivity index (χ1n) is 6.30. The number of piperidine rings is 1. The summed E-state index contributed by atoms with van der Waals surface area (Å²) in [6.45, 7) is 7.82. The molecule has 0 aromatic heterocycles. The number of hydrogen-bond acceptors (Lipinski definition) is 3. The summed E-state index contributed by atoms with van der Waals surface area (Å²) in [5.41, 5.74) is -0.159. The monoisotopic (exact) mass is 261 g/mol. The fourth-order valence-corrected chi connectivity index (χ4v) is 2.63. The van der Waals surface area contributed by atoms with Gasteiger partial charge < -0.3 is 15.1 Å². The van der Waals surface area contributed by atoms with Crippen LogP contribution in [0.1, 0.15) is 19.8 Å². The quantitative estimate of drug-likeness (QED) is 0.750. The lowest BCUT2D eigenvalue weighted by Crippen LogP contribution is -2.55. The van der Waals surface area contributed by atoms with Crippen LogP contribution in [0.2, 0.25) is 0 Å². The zero-order valence-electron chi connectivity index (χ0n) is 10.9. The second-order valence-corrected chi connectivity index (χ2v) is 5.44. The first-order valence-corrected chi connectivity index (χ1v) is 6.30. The van der Waals surface area contributed by atoms with Gasteiger partial charge in [0.05, 0.1) is 5.41 Å². The van der Waals surface area contributed by atoms with E-state index < -0.39 is 0 Å². The highest BCUT2D eigenvalue weighted by atomic mass is 35.5. The van der Waals surface area contributed by atoms with Gasteiger partial charge in [-0.05, 0) is 33.4 Å². The van der Waals surface area contributed by atoms with Gasteiger partial charge in [-0.25, -0.2) is 0 Å². The maximum Gasteiger partial charge on any atom is 0.229 e. The van der Waals surface area contributed by atoms with Crippen molar-refractivity contribution in [3.8, 4) is 0 Å². The van der Waals surface area contributed by atoms with Gasteiger partial charge in [-0.15, -0.1) is 12.4 Å². The van der Waals surface area contributed by atoms with Gasteiger partial charge in [0.2, 0.25) is 5.91 Å². The summed E-state index contributed by atoms with van der Waals surface area (Å²) in [5, 5.41) is 3.35. The van der Waals surface area contributed by atoms with Crippen LogP contribution in [-0.4, -0.2) is 62.0 Å². The topological polar surface area (TPSA) is 35.6 Å². The van der Waals surface area contributed by atoms with Crippen LogP contribution in [0, 0.1) is 5.41 Å². The van der Waals surface area contributed by atoms with Gasteiger partial charge >= 0.3 is 0 Å². The Morgan fingerprint density at radius 3 is 2.41 bits per heavy atom. The molecule has 2 aliphatic rings. The molecule has 5 heteroatoms. The van der Waals surface area contributed by atoms with Gasteiger partial charge in [0.25, 0.3) is 0 Å². The number of rotatable bonds is 1. The van der Waals surface area contributed by atoms with E-state index >= 15 is 0 Å². The number of amides is 1. The standard InChI is InChI=1S/C12H23N3O.ClH/c1-12(4-3-5-13-10-12)11(16)15-8-6-14(2)7-9-15;/h13H,3-10H2,1-2H3;1H. The van der Waals surface area contributed by atoms with Gasteiger partial charge in [-0.1, -0.05) is 0 Å². The van der Waals surface area contributed by atoms with E-state index in [2.05, 4.69) is 24.2 Å². The molecule has 2 fully saturated rings. The Balaban J connectivity index is 0.00000144. The van der Waals surface area contributed by atoms with E-state index in [0.717, 1.165) is 52.1 Å². The number of halogens is 1. The van der Waals surface area contributed by atoms with Gasteiger partial charge in [0.1, 0.15) is 0 Å². The van der Waals surface area contributed by atoms with Gasteiger partial charge in [-0.2, -0.15) is 0 Å². The van der Waals surface area contributed by atoms with Gasteiger partial charge in [0.15, 0.2) is 0 Å². The number of nitrogens with one attached hydrogen (secondary N) is 1. The molecule has 0 saturated carbocycles. The summed E-state index contributed by atoms with van der Waals surface area (Å²) >= 11 is 0. The first kappa shape index (κ1) is 14.7. The SMILES string of the molecule is CN1CCN(C(=O)C2(C)CCCNC2)CC1.Cl. The molecule has 1 atom stereocenters. The number of carbonyl (C=O) groups excluding carboxylic acids is 1. The van der Waals surface area contributed by atoms with Crippen LogP contribution in [0.4, 0.5) is 0 Å². The van der Waals surface area contributed by atoms with Crippen LogP contribution in [0.5, 0.6) is 0 Å². The molecule has 17 heavy (non-hydrogen) atoms. The molecular weight excluding hydrogens is 238 g/mol. The zero-order valence-corrected chi connectivity index (χ0v) is 11.7. The Hall–Kier alpha value is -0.320. The predicted molar refractivity (Wildman–Crippen MR) is 71.5 cm³/mol. The molecule has 1 unspecified atom stereocenters. The number of piperazine rings is 1. The highest BCUT2D eigenvalue weighted by molar-refractivity contribution is 5.85. The van der Waals surface area contributed by atoms with Crippen molar-refractivity contribution in [2.75, 3.05) is 46.3 Å². The molecule has 2 aliphatic heterocycles. The van der Waals surface area contributed by atoms with Crippen molar-refractivity contribution in [3.05, 3.63) is 0 Å². The molecule has 0 bridgehead atoms. The summed E-state index contributed by atoms with van der Waals surface area (Å²) in [4.78, 5) is 16.8. The predicted octanol–water partition coefficient (Wildman–Crippen LogP) is 0.572. The Morgan fingerprint density at radius 1 is 1.24 bits per heavy atom. The average Bonchev–Trinajstić information content (AvgIpc) is 2.30. The summed E-state index contributed by atoms with van der Waals surface area (Å²) in [6.07, 6.45) is 2.15. The van der Waals surface area contributed by atoms with Crippen LogP contribution in [0.3, 0.4) is 0 Å². The second-order valence-electron chi connectivity index (χ2n) is 5.44. The smallest absolute Gasteiger partial charge is 0.229 e. The largest absolute Gasteiger partial charge is 0.340 e. The van der Waals surface area contributed by atoms with Crippen LogP contribution < -0.4 is 5.32 Å². The fraction of sp³-hybridized carbons (Fsp3) is 0.917. The zero-order chi connectivity index (χ0) is 11.6. The van der Waals surface area contributed by atoms with Crippen LogP contribution in [0.15, 0.2) is 0 Å². The Bertz CT molecular complexity index is 258. The first-order chi connectivity index (χ1) is 7.62. The number of nitrogens with zero attached hydrogens (tertiary/aromatic N) is 2. The third kappa shape index (κ3) is 3.33. The molecule has 4 nitrogen and oxygen atoms in total. The lowest BCUT2D eigenvalue weighted by Gasteiger charge is -2.40. The molecule has 0 radical (unpaired) electrons. The van der Waals surface area contributed by atoms with Crippen molar-refractivity contribution < 1.29 is 4.79 Å². The molecule has 0 spiro atoms. The average molecular weight is 262 g/mol. The number of hydrogen-bond donors (Lipinski definition) is 1. The van der Waals surface area contributed by atoms with E-state index in [-0.39, 0.29) is 17.8 Å². The fourth-order valence-electron chi connectivity index (χ4n) is 2.63. The van der Waals surface area contributed by atoms with Gasteiger partial charge in [0, 0.05) is 32.7 Å². The Labute approximate surface area is 110 Å². The maximum absolute atomic E-state index is 12.4. The summed E-state index contributed by atoms with van der Waals surface area (Å²) in [5.74, 6) is 0.354. The third-order valence-electron chi connectivity index (χ3n) is 3.90. The van der Waals surface area contributed by atoms with E-state index in [9.17, 15) is 4.79 Å². The minimum Gasteiger partial charge on any atom is -0.340 e. The third-order valence-corrected chi connectivity index (χ3v) is 3.90. The Morgan fingerprint density at radius 2 is 1.88 bits per heavy atom. The summed E-state index contributed by atoms with van der Waals surface area (Å²) < 4.78 is 0. The van der Waals surface area contributed by atoms with E-state index in [4.69, 9.17) is 0 Å². The minimum absolute atomic E-state index is 0. The van der Waals surface area contributed by atoms with Crippen molar-refractivity contribution >= 4 is 18.3 Å². The van der Waals surface area contributed by atoms with E-state index in [0.29, 0.717) is 5.91 Å².